The second kappa shape index (κ2) is 10.1. The first-order valence-corrected chi connectivity index (χ1v) is 7.49. The summed E-state index contributed by atoms with van der Waals surface area (Å²) in [4.78, 5) is 11.1. The van der Waals surface area contributed by atoms with Gasteiger partial charge in [-0.05, 0) is 37.5 Å². The topological polar surface area (TPSA) is 26.3 Å². The van der Waals surface area contributed by atoms with E-state index >= 15 is 0 Å². The minimum atomic E-state index is -0.257. The third-order valence-electron chi connectivity index (χ3n) is 3.04. The van der Waals surface area contributed by atoms with Gasteiger partial charge in [-0.3, -0.25) is 4.79 Å². The normalized spacial score (nSPS) is 9.70. The van der Waals surface area contributed by atoms with E-state index < -0.39 is 0 Å². The zero-order valence-corrected chi connectivity index (χ0v) is 12.6. The van der Waals surface area contributed by atoms with Gasteiger partial charge >= 0.3 is 5.97 Å². The minimum Gasteiger partial charge on any atom is -0.465 e. The van der Waals surface area contributed by atoms with E-state index in [-0.39, 0.29) is 12.4 Å². The van der Waals surface area contributed by atoms with Gasteiger partial charge in [0.15, 0.2) is 0 Å². The van der Waals surface area contributed by atoms with Crippen LogP contribution < -0.4 is 0 Å². The van der Waals surface area contributed by atoms with Gasteiger partial charge in [0.05, 0.1) is 6.61 Å². The van der Waals surface area contributed by atoms with E-state index in [4.69, 9.17) is 4.74 Å². The van der Waals surface area contributed by atoms with Crippen molar-refractivity contribution in [3.63, 3.8) is 0 Å². The fourth-order valence-corrected chi connectivity index (χ4v) is 1.94. The highest BCUT2D eigenvalue weighted by Gasteiger charge is 1.97. The van der Waals surface area contributed by atoms with Crippen molar-refractivity contribution >= 4 is 5.97 Å². The maximum atomic E-state index is 11.1. The first kappa shape index (κ1) is 16.3. The summed E-state index contributed by atoms with van der Waals surface area (Å²) in [6.07, 6.45) is 6.44. The van der Waals surface area contributed by atoms with Crippen molar-refractivity contribution in [1.82, 2.24) is 0 Å². The largest absolute Gasteiger partial charge is 0.465 e. The van der Waals surface area contributed by atoms with Crippen LogP contribution in [0.2, 0.25) is 0 Å². The Balaban J connectivity index is 2.38. The summed E-state index contributed by atoms with van der Waals surface area (Å²) in [7, 11) is 0. The number of carbonyl (C=O) groups is 1. The lowest BCUT2D eigenvalue weighted by atomic mass is 10.0. The lowest BCUT2D eigenvalue weighted by molar-refractivity contribution is -0.141. The van der Waals surface area contributed by atoms with Crippen LogP contribution in [-0.2, 0) is 16.0 Å². The number of hydrogen-bond donors (Lipinski definition) is 0. The number of benzene rings is 1. The van der Waals surface area contributed by atoms with E-state index in [2.05, 4.69) is 30.9 Å². The lowest BCUT2D eigenvalue weighted by Crippen LogP contribution is -2.01. The molecule has 0 aromatic heterocycles. The maximum Gasteiger partial charge on any atom is 0.317 e. The molecule has 1 aromatic rings. The second-order valence-electron chi connectivity index (χ2n) is 4.79. The molecule has 2 nitrogen and oxygen atoms in total. The van der Waals surface area contributed by atoms with Crippen molar-refractivity contribution in [2.45, 2.75) is 52.4 Å². The zero-order chi connectivity index (χ0) is 14.6. The van der Waals surface area contributed by atoms with Crippen LogP contribution in [-0.4, -0.2) is 12.6 Å². The Hall–Kier alpha value is -1.75. The molecular weight excluding hydrogens is 248 g/mol. The lowest BCUT2D eigenvalue weighted by Gasteiger charge is -2.01. The summed E-state index contributed by atoms with van der Waals surface area (Å²) in [5, 5.41) is 0. The van der Waals surface area contributed by atoms with Gasteiger partial charge in [-0.15, -0.1) is 0 Å². The highest BCUT2D eigenvalue weighted by atomic mass is 16.5. The number of unbranched alkanes of at least 4 members (excludes halogenated alkanes) is 3. The van der Waals surface area contributed by atoms with E-state index in [0.717, 1.165) is 12.0 Å². The molecule has 108 valence electrons. The molecule has 0 atom stereocenters. The molecule has 1 rings (SSSR count). The molecule has 0 heterocycles. The summed E-state index contributed by atoms with van der Waals surface area (Å²) in [6, 6.07) is 8.29. The summed E-state index contributed by atoms with van der Waals surface area (Å²) < 4.78 is 4.82. The quantitative estimate of drug-likeness (QED) is 0.424. The SMILES string of the molecule is CCCCCCc1ccc(C#CCC(=O)OCC)cc1. The molecule has 0 saturated carbocycles. The Morgan fingerprint density at radius 2 is 1.85 bits per heavy atom. The molecule has 0 unspecified atom stereocenters. The van der Waals surface area contributed by atoms with Crippen LogP contribution in [0.5, 0.6) is 0 Å². The third-order valence-corrected chi connectivity index (χ3v) is 3.04. The predicted octanol–water partition coefficient (Wildman–Crippen LogP) is 4.11. The van der Waals surface area contributed by atoms with Gasteiger partial charge in [-0.2, -0.15) is 0 Å². The second-order valence-corrected chi connectivity index (χ2v) is 4.79. The summed E-state index contributed by atoms with van der Waals surface area (Å²) in [6.45, 7) is 4.43. The van der Waals surface area contributed by atoms with Gasteiger partial charge in [0.2, 0.25) is 0 Å². The number of aryl methyl sites for hydroxylation is 1. The van der Waals surface area contributed by atoms with Gasteiger partial charge in [-0.25, -0.2) is 0 Å². The van der Waals surface area contributed by atoms with Crippen LogP contribution >= 0.6 is 0 Å². The van der Waals surface area contributed by atoms with E-state index in [1.165, 1.54) is 31.2 Å². The number of esters is 1. The van der Waals surface area contributed by atoms with Crippen molar-refractivity contribution in [3.05, 3.63) is 35.4 Å². The molecule has 0 radical (unpaired) electrons. The average molecular weight is 272 g/mol. The molecule has 0 saturated heterocycles. The van der Waals surface area contributed by atoms with Crippen molar-refractivity contribution in [2.24, 2.45) is 0 Å². The molecule has 1 aromatic carbocycles. The molecule has 0 spiro atoms. The minimum absolute atomic E-state index is 0.159. The van der Waals surface area contributed by atoms with E-state index in [0.29, 0.717) is 6.61 Å². The summed E-state index contributed by atoms with van der Waals surface area (Å²) >= 11 is 0. The first-order valence-electron chi connectivity index (χ1n) is 7.49. The Kier molecular flexibility index (Phi) is 8.22. The van der Waals surface area contributed by atoms with Crippen LogP contribution in [0.25, 0.3) is 0 Å². The van der Waals surface area contributed by atoms with Crippen molar-refractivity contribution in [2.75, 3.05) is 6.61 Å². The third kappa shape index (κ3) is 6.99. The van der Waals surface area contributed by atoms with Gasteiger partial charge in [-0.1, -0.05) is 50.2 Å². The van der Waals surface area contributed by atoms with Crippen LogP contribution in [0.15, 0.2) is 24.3 Å². The molecule has 0 fully saturated rings. The van der Waals surface area contributed by atoms with Gasteiger partial charge < -0.3 is 4.74 Å². The van der Waals surface area contributed by atoms with Crippen LogP contribution in [0.3, 0.4) is 0 Å². The molecule has 20 heavy (non-hydrogen) atoms. The Labute approximate surface area is 122 Å². The number of carbonyl (C=O) groups excluding carboxylic acids is 1. The highest BCUT2D eigenvalue weighted by Crippen LogP contribution is 2.09. The van der Waals surface area contributed by atoms with Gasteiger partial charge in [0, 0.05) is 5.56 Å². The standard InChI is InChI=1S/C18H24O2/c1-3-5-6-7-9-16-12-14-17(15-13-16)10-8-11-18(19)20-4-2/h12-15H,3-7,9,11H2,1-2H3. The molecule has 0 bridgehead atoms. The maximum absolute atomic E-state index is 11.1. The smallest absolute Gasteiger partial charge is 0.317 e. The number of ether oxygens (including phenoxy) is 1. The first-order chi connectivity index (χ1) is 9.76. The molecule has 2 heteroatoms. The van der Waals surface area contributed by atoms with Crippen molar-refractivity contribution in [1.29, 1.82) is 0 Å². The summed E-state index contributed by atoms with van der Waals surface area (Å²) in [5.41, 5.74) is 2.31. The van der Waals surface area contributed by atoms with Crippen molar-refractivity contribution < 1.29 is 9.53 Å². The Morgan fingerprint density at radius 1 is 1.10 bits per heavy atom. The van der Waals surface area contributed by atoms with Crippen LogP contribution in [0, 0.1) is 11.8 Å². The van der Waals surface area contributed by atoms with E-state index in [1.807, 2.05) is 12.1 Å². The number of rotatable bonds is 7. The fourth-order valence-electron chi connectivity index (χ4n) is 1.94. The predicted molar refractivity (Wildman–Crippen MR) is 82.4 cm³/mol. The van der Waals surface area contributed by atoms with Crippen LogP contribution in [0.1, 0.15) is 57.1 Å². The molecule has 0 aliphatic carbocycles. The van der Waals surface area contributed by atoms with Crippen LogP contribution in [0.4, 0.5) is 0 Å². The molecule has 0 aliphatic rings. The molecule has 0 aliphatic heterocycles. The fraction of sp³-hybridized carbons (Fsp3) is 0.500. The van der Waals surface area contributed by atoms with E-state index in [9.17, 15) is 4.79 Å². The Bertz CT molecular complexity index is 449. The number of hydrogen-bond acceptors (Lipinski definition) is 2. The van der Waals surface area contributed by atoms with Gasteiger partial charge in [0.25, 0.3) is 0 Å². The van der Waals surface area contributed by atoms with Gasteiger partial charge in [0.1, 0.15) is 6.42 Å². The Morgan fingerprint density at radius 3 is 2.50 bits per heavy atom. The van der Waals surface area contributed by atoms with Crippen molar-refractivity contribution in [3.8, 4) is 11.8 Å². The monoisotopic (exact) mass is 272 g/mol. The molecular formula is C18H24O2. The highest BCUT2D eigenvalue weighted by molar-refractivity contribution is 5.72. The zero-order valence-electron chi connectivity index (χ0n) is 12.6. The molecule has 0 amide bonds. The average Bonchev–Trinajstić information content (AvgIpc) is 2.45. The van der Waals surface area contributed by atoms with E-state index in [1.54, 1.807) is 6.92 Å². The summed E-state index contributed by atoms with van der Waals surface area (Å²) in [5.74, 6) is 5.57. The molecule has 0 N–H and O–H groups in total.